The van der Waals surface area contributed by atoms with Crippen LogP contribution in [0.15, 0.2) is 22.7 Å². The number of hydrogen-bond acceptors (Lipinski definition) is 3. The van der Waals surface area contributed by atoms with Gasteiger partial charge in [-0.15, -0.1) is 13.2 Å². The Morgan fingerprint density at radius 3 is 2.48 bits per heavy atom. The van der Waals surface area contributed by atoms with Gasteiger partial charge in [-0.2, -0.15) is 0 Å². The van der Waals surface area contributed by atoms with Gasteiger partial charge >= 0.3 is 6.36 Å². The van der Waals surface area contributed by atoms with Gasteiger partial charge in [0, 0.05) is 6.54 Å². The topological polar surface area (TPSA) is 21.7 Å². The highest BCUT2D eigenvalue weighted by atomic mass is 79.9. The highest BCUT2D eigenvalue weighted by Gasteiger charge is 2.32. The van der Waals surface area contributed by atoms with E-state index in [9.17, 15) is 13.2 Å². The lowest BCUT2D eigenvalue weighted by molar-refractivity contribution is -0.274. The van der Waals surface area contributed by atoms with E-state index in [0.29, 0.717) is 12.4 Å². The maximum Gasteiger partial charge on any atom is 0.573 e. The van der Waals surface area contributed by atoms with E-state index < -0.39 is 6.36 Å². The molecule has 0 radical (unpaired) electrons. The van der Waals surface area contributed by atoms with Crippen molar-refractivity contribution in [1.82, 2.24) is 4.90 Å². The predicted molar refractivity (Wildman–Crippen MR) is 76.6 cm³/mol. The van der Waals surface area contributed by atoms with Crippen molar-refractivity contribution in [1.29, 1.82) is 0 Å². The van der Waals surface area contributed by atoms with Crippen molar-refractivity contribution in [2.45, 2.75) is 25.6 Å². The van der Waals surface area contributed by atoms with E-state index in [0.717, 1.165) is 19.6 Å². The first-order valence-electron chi connectivity index (χ1n) is 6.84. The number of benzene rings is 1. The van der Waals surface area contributed by atoms with Gasteiger partial charge in [0.2, 0.25) is 0 Å². The third-order valence-corrected chi connectivity index (χ3v) is 3.87. The molecule has 0 aromatic heterocycles. The molecule has 21 heavy (non-hydrogen) atoms. The summed E-state index contributed by atoms with van der Waals surface area (Å²) in [7, 11) is 0. The van der Waals surface area contributed by atoms with Gasteiger partial charge in [-0.05, 0) is 60.1 Å². The number of alkyl halides is 3. The summed E-state index contributed by atoms with van der Waals surface area (Å²) in [4.78, 5) is 2.33. The van der Waals surface area contributed by atoms with Gasteiger partial charge in [0.05, 0.1) is 4.47 Å². The monoisotopic (exact) mass is 367 g/mol. The number of ether oxygens (including phenoxy) is 2. The van der Waals surface area contributed by atoms with Crippen LogP contribution in [0.5, 0.6) is 11.5 Å². The van der Waals surface area contributed by atoms with Crippen molar-refractivity contribution in [3.8, 4) is 11.5 Å². The lowest BCUT2D eigenvalue weighted by atomic mass is 10.1. The molecular formula is C14H17BrF3NO2. The van der Waals surface area contributed by atoms with Crippen LogP contribution in [0.4, 0.5) is 13.2 Å². The Morgan fingerprint density at radius 1 is 1.14 bits per heavy atom. The molecule has 1 aromatic rings. The zero-order valence-electron chi connectivity index (χ0n) is 11.5. The molecular weight excluding hydrogens is 351 g/mol. The highest BCUT2D eigenvalue weighted by molar-refractivity contribution is 9.10. The molecule has 1 aliphatic rings. The Labute approximate surface area is 130 Å². The first-order chi connectivity index (χ1) is 9.94. The van der Waals surface area contributed by atoms with Crippen LogP contribution in [0.25, 0.3) is 0 Å². The summed E-state index contributed by atoms with van der Waals surface area (Å²) in [5, 5.41) is 0. The van der Waals surface area contributed by atoms with Gasteiger partial charge in [-0.3, -0.25) is 4.90 Å². The number of rotatable bonds is 5. The van der Waals surface area contributed by atoms with Crippen molar-refractivity contribution in [3.63, 3.8) is 0 Å². The Hall–Kier alpha value is -0.950. The molecule has 0 spiro atoms. The molecule has 0 atom stereocenters. The summed E-state index contributed by atoms with van der Waals surface area (Å²) in [6.45, 7) is 3.53. The lowest BCUT2D eigenvalue weighted by Crippen LogP contribution is -2.33. The van der Waals surface area contributed by atoms with Gasteiger partial charge in [-0.1, -0.05) is 6.42 Å². The molecule has 1 aromatic carbocycles. The molecule has 0 saturated carbocycles. The largest absolute Gasteiger partial charge is 0.573 e. The minimum atomic E-state index is -4.70. The molecule has 1 fully saturated rings. The van der Waals surface area contributed by atoms with Crippen LogP contribution in [-0.2, 0) is 0 Å². The van der Waals surface area contributed by atoms with Gasteiger partial charge in [0.15, 0.2) is 0 Å². The minimum Gasteiger partial charge on any atom is -0.492 e. The highest BCUT2D eigenvalue weighted by Crippen LogP contribution is 2.33. The van der Waals surface area contributed by atoms with Crippen LogP contribution in [0.2, 0.25) is 0 Å². The maximum atomic E-state index is 12.2. The Kier molecular flexibility index (Phi) is 5.75. The van der Waals surface area contributed by atoms with Crippen molar-refractivity contribution < 1.29 is 22.6 Å². The van der Waals surface area contributed by atoms with E-state index in [1.807, 2.05) is 0 Å². The molecule has 7 heteroatoms. The van der Waals surface area contributed by atoms with Crippen molar-refractivity contribution >= 4 is 15.9 Å². The van der Waals surface area contributed by atoms with E-state index >= 15 is 0 Å². The fourth-order valence-corrected chi connectivity index (χ4v) is 2.69. The number of halogens is 4. The maximum absolute atomic E-state index is 12.2. The Bertz CT molecular complexity index is 462. The fraction of sp³-hybridized carbons (Fsp3) is 0.571. The first kappa shape index (κ1) is 16.4. The average Bonchev–Trinajstić information content (AvgIpc) is 2.42. The zero-order chi connectivity index (χ0) is 15.3. The summed E-state index contributed by atoms with van der Waals surface area (Å²) < 4.78 is 46.1. The number of piperidine rings is 1. The molecule has 1 heterocycles. The molecule has 118 valence electrons. The third kappa shape index (κ3) is 5.74. The van der Waals surface area contributed by atoms with E-state index in [1.54, 1.807) is 0 Å². The van der Waals surface area contributed by atoms with E-state index in [-0.39, 0.29) is 10.2 Å². The molecule has 2 rings (SSSR count). The molecule has 0 N–H and O–H groups in total. The second-order valence-corrected chi connectivity index (χ2v) is 5.75. The first-order valence-corrected chi connectivity index (χ1v) is 7.64. The molecule has 0 amide bonds. The third-order valence-electron chi connectivity index (χ3n) is 3.25. The molecule has 0 bridgehead atoms. The van der Waals surface area contributed by atoms with E-state index in [1.165, 1.54) is 37.5 Å². The molecule has 3 nitrogen and oxygen atoms in total. The Morgan fingerprint density at radius 2 is 1.86 bits per heavy atom. The summed E-state index contributed by atoms with van der Waals surface area (Å²) in [5.41, 5.74) is 0. The number of nitrogens with zero attached hydrogens (tertiary/aromatic N) is 1. The van der Waals surface area contributed by atoms with Crippen LogP contribution in [0.3, 0.4) is 0 Å². The van der Waals surface area contributed by atoms with Gasteiger partial charge in [0.25, 0.3) is 0 Å². The van der Waals surface area contributed by atoms with Crippen LogP contribution >= 0.6 is 15.9 Å². The number of likely N-dealkylation sites (tertiary alicyclic amines) is 1. The second kappa shape index (κ2) is 7.35. The fourth-order valence-electron chi connectivity index (χ4n) is 2.25. The van der Waals surface area contributed by atoms with Crippen LogP contribution in [0.1, 0.15) is 19.3 Å². The molecule has 1 aliphatic heterocycles. The number of hydrogen-bond donors (Lipinski definition) is 0. The smallest absolute Gasteiger partial charge is 0.492 e. The van der Waals surface area contributed by atoms with Crippen LogP contribution in [-0.4, -0.2) is 37.5 Å². The summed E-state index contributed by atoms with van der Waals surface area (Å²) in [5.74, 6) is 0.249. The lowest BCUT2D eigenvalue weighted by Gasteiger charge is -2.26. The standard InChI is InChI=1S/C14H17BrF3NO2/c15-12-10-11(4-5-13(12)21-14(16,17)18)20-9-8-19-6-2-1-3-7-19/h4-5,10H,1-3,6-9H2. The van der Waals surface area contributed by atoms with E-state index in [2.05, 4.69) is 25.6 Å². The minimum absolute atomic E-state index is 0.218. The van der Waals surface area contributed by atoms with Gasteiger partial charge in [0.1, 0.15) is 18.1 Å². The molecule has 1 saturated heterocycles. The van der Waals surface area contributed by atoms with Gasteiger partial charge in [-0.25, -0.2) is 0 Å². The summed E-state index contributed by atoms with van der Waals surface area (Å²) >= 11 is 3.05. The predicted octanol–water partition coefficient (Wildman–Crippen LogP) is 4.21. The molecule has 0 aliphatic carbocycles. The SMILES string of the molecule is FC(F)(F)Oc1ccc(OCCN2CCCCC2)cc1Br. The molecule has 0 unspecified atom stereocenters. The van der Waals surface area contributed by atoms with E-state index in [4.69, 9.17) is 4.74 Å². The zero-order valence-corrected chi connectivity index (χ0v) is 13.0. The Balaban J connectivity index is 1.82. The second-order valence-electron chi connectivity index (χ2n) is 4.89. The summed E-state index contributed by atoms with van der Waals surface area (Å²) in [6.07, 6.45) is -0.978. The van der Waals surface area contributed by atoms with Crippen molar-refractivity contribution in [3.05, 3.63) is 22.7 Å². The van der Waals surface area contributed by atoms with Crippen LogP contribution in [0, 0.1) is 0 Å². The van der Waals surface area contributed by atoms with Gasteiger partial charge < -0.3 is 9.47 Å². The quantitative estimate of drug-likeness (QED) is 0.777. The van der Waals surface area contributed by atoms with Crippen molar-refractivity contribution in [2.75, 3.05) is 26.2 Å². The van der Waals surface area contributed by atoms with Crippen molar-refractivity contribution in [2.24, 2.45) is 0 Å². The summed E-state index contributed by atoms with van der Waals surface area (Å²) in [6, 6.07) is 4.20. The average molecular weight is 368 g/mol. The normalized spacial score (nSPS) is 16.8. The van der Waals surface area contributed by atoms with Crippen LogP contribution < -0.4 is 9.47 Å².